The minimum Gasteiger partial charge on any atom is -0.390 e. The monoisotopic (exact) mass is 207 g/mol. The summed E-state index contributed by atoms with van der Waals surface area (Å²) in [5, 5.41) is 28.0. The van der Waals surface area contributed by atoms with Crippen LogP contribution in [0.4, 0.5) is 0 Å². The van der Waals surface area contributed by atoms with Crippen LogP contribution < -0.4 is 5.73 Å². The molecule has 2 atom stereocenters. The zero-order valence-corrected chi connectivity index (χ0v) is 8.17. The van der Waals surface area contributed by atoms with Crippen LogP contribution in [-0.2, 0) is 0 Å². The third kappa shape index (κ3) is 2.73. The average molecular weight is 207 g/mol. The van der Waals surface area contributed by atoms with E-state index in [4.69, 9.17) is 11.0 Å². The molecule has 0 aliphatic rings. The van der Waals surface area contributed by atoms with Gasteiger partial charge in [0.25, 0.3) is 0 Å². The predicted molar refractivity (Wildman–Crippen MR) is 53.6 cm³/mol. The van der Waals surface area contributed by atoms with Crippen molar-refractivity contribution in [1.29, 1.82) is 5.26 Å². The smallest absolute Gasteiger partial charge is 0.123 e. The first-order chi connectivity index (χ1) is 7.20. The summed E-state index contributed by atoms with van der Waals surface area (Å²) in [5.74, 6) is 0. The van der Waals surface area contributed by atoms with E-state index in [1.807, 2.05) is 6.07 Å². The van der Waals surface area contributed by atoms with Crippen molar-refractivity contribution in [2.24, 2.45) is 5.73 Å². The van der Waals surface area contributed by atoms with Gasteiger partial charge in [-0.05, 0) is 25.1 Å². The molecule has 15 heavy (non-hydrogen) atoms. The molecule has 5 nitrogen and oxygen atoms in total. The lowest BCUT2D eigenvalue weighted by Gasteiger charge is -2.17. The van der Waals surface area contributed by atoms with Gasteiger partial charge in [-0.1, -0.05) is 0 Å². The number of rotatable bonds is 4. The van der Waals surface area contributed by atoms with Crippen LogP contribution in [0.3, 0.4) is 0 Å². The van der Waals surface area contributed by atoms with Crippen LogP contribution in [-0.4, -0.2) is 27.8 Å². The molecule has 1 aromatic heterocycles. The fourth-order valence-corrected chi connectivity index (χ4v) is 1.26. The summed E-state index contributed by atoms with van der Waals surface area (Å²) in [4.78, 5) is 3.88. The van der Waals surface area contributed by atoms with E-state index in [1.165, 1.54) is 6.20 Å². The molecule has 0 radical (unpaired) electrons. The van der Waals surface area contributed by atoms with Gasteiger partial charge in [0.1, 0.15) is 12.2 Å². The number of hydrogen-bond acceptors (Lipinski definition) is 5. The highest BCUT2D eigenvalue weighted by Crippen LogP contribution is 2.19. The number of nitrogens with two attached hydrogens (primary N) is 1. The van der Waals surface area contributed by atoms with Gasteiger partial charge in [0.2, 0.25) is 0 Å². The summed E-state index contributed by atoms with van der Waals surface area (Å²) in [7, 11) is 0. The lowest BCUT2D eigenvalue weighted by molar-refractivity contribution is 0.0123. The Bertz CT molecular complexity index is 362. The van der Waals surface area contributed by atoms with E-state index >= 15 is 0 Å². The molecule has 0 saturated heterocycles. The van der Waals surface area contributed by atoms with Crippen molar-refractivity contribution < 1.29 is 10.2 Å². The maximum atomic E-state index is 9.71. The van der Waals surface area contributed by atoms with Crippen LogP contribution in [0.15, 0.2) is 18.3 Å². The number of pyridine rings is 1. The van der Waals surface area contributed by atoms with Gasteiger partial charge >= 0.3 is 0 Å². The van der Waals surface area contributed by atoms with Crippen LogP contribution in [0.25, 0.3) is 0 Å². The van der Waals surface area contributed by atoms with Gasteiger partial charge in [-0.2, -0.15) is 5.26 Å². The maximum Gasteiger partial charge on any atom is 0.123 e. The Kier molecular flexibility index (Phi) is 4.18. The van der Waals surface area contributed by atoms with Gasteiger partial charge < -0.3 is 15.9 Å². The molecule has 1 rings (SSSR count). The number of nitrogens with zero attached hydrogens (tertiary/aromatic N) is 2. The van der Waals surface area contributed by atoms with Gasteiger partial charge in [-0.25, -0.2) is 0 Å². The molecular weight excluding hydrogens is 194 g/mol. The molecule has 0 amide bonds. The minimum absolute atomic E-state index is 0.195. The van der Waals surface area contributed by atoms with Crippen molar-refractivity contribution in [3.63, 3.8) is 0 Å². The van der Waals surface area contributed by atoms with E-state index < -0.39 is 12.2 Å². The van der Waals surface area contributed by atoms with E-state index in [2.05, 4.69) is 4.98 Å². The lowest BCUT2D eigenvalue weighted by atomic mass is 10.0. The Morgan fingerprint density at radius 1 is 1.53 bits per heavy atom. The van der Waals surface area contributed by atoms with Crippen molar-refractivity contribution in [3.8, 4) is 6.07 Å². The third-order valence-electron chi connectivity index (χ3n) is 2.07. The fraction of sp³-hybridized carbons (Fsp3) is 0.400. The lowest BCUT2D eigenvalue weighted by Crippen LogP contribution is -2.23. The summed E-state index contributed by atoms with van der Waals surface area (Å²) < 4.78 is 0. The second kappa shape index (κ2) is 5.41. The Labute approximate surface area is 87.8 Å². The first-order valence-electron chi connectivity index (χ1n) is 4.62. The molecule has 0 bridgehead atoms. The summed E-state index contributed by atoms with van der Waals surface area (Å²) in [6.45, 7) is 0.271. The van der Waals surface area contributed by atoms with E-state index in [9.17, 15) is 10.2 Å². The SMILES string of the molecule is N#Cc1cccnc1C(O)C(O)CCN. The molecule has 5 heteroatoms. The van der Waals surface area contributed by atoms with Gasteiger partial charge in [-0.3, -0.25) is 4.98 Å². The van der Waals surface area contributed by atoms with Gasteiger partial charge in [0, 0.05) is 6.20 Å². The summed E-state index contributed by atoms with van der Waals surface area (Å²) >= 11 is 0. The van der Waals surface area contributed by atoms with Crippen molar-refractivity contribution >= 4 is 0 Å². The highest BCUT2D eigenvalue weighted by Gasteiger charge is 2.21. The zero-order chi connectivity index (χ0) is 11.3. The standard InChI is InChI=1S/C10H13N3O2/c11-4-3-8(14)10(15)9-7(6-12)2-1-5-13-9/h1-2,5,8,10,14-15H,3-4,11H2. The van der Waals surface area contributed by atoms with E-state index in [1.54, 1.807) is 12.1 Å². The molecule has 0 saturated carbocycles. The normalized spacial score (nSPS) is 14.3. The molecule has 80 valence electrons. The van der Waals surface area contributed by atoms with E-state index in [0.717, 1.165) is 0 Å². The van der Waals surface area contributed by atoms with Crippen molar-refractivity contribution in [1.82, 2.24) is 4.98 Å². The molecule has 1 heterocycles. The van der Waals surface area contributed by atoms with Gasteiger partial charge in [0.15, 0.2) is 0 Å². The van der Waals surface area contributed by atoms with Crippen molar-refractivity contribution in [2.75, 3.05) is 6.54 Å². The molecule has 0 fully saturated rings. The summed E-state index contributed by atoms with van der Waals surface area (Å²) in [6.07, 6.45) is -0.418. The highest BCUT2D eigenvalue weighted by molar-refractivity contribution is 5.34. The van der Waals surface area contributed by atoms with E-state index in [-0.39, 0.29) is 24.2 Å². The molecular formula is C10H13N3O2. The number of aromatic nitrogens is 1. The van der Waals surface area contributed by atoms with Crippen molar-refractivity contribution in [2.45, 2.75) is 18.6 Å². The highest BCUT2D eigenvalue weighted by atomic mass is 16.3. The predicted octanol–water partition coefficient (Wildman–Crippen LogP) is -0.304. The average Bonchev–Trinajstić information content (AvgIpc) is 2.28. The van der Waals surface area contributed by atoms with Crippen LogP contribution in [0.2, 0.25) is 0 Å². The second-order valence-electron chi connectivity index (χ2n) is 3.14. The first-order valence-corrected chi connectivity index (χ1v) is 4.62. The Morgan fingerprint density at radius 2 is 2.27 bits per heavy atom. The molecule has 0 aliphatic heterocycles. The maximum absolute atomic E-state index is 9.71. The van der Waals surface area contributed by atoms with Crippen LogP contribution in [0.5, 0.6) is 0 Å². The molecule has 1 aromatic rings. The Morgan fingerprint density at radius 3 is 2.87 bits per heavy atom. The summed E-state index contributed by atoms with van der Waals surface area (Å²) in [5.41, 5.74) is 5.72. The van der Waals surface area contributed by atoms with Gasteiger partial charge in [-0.15, -0.1) is 0 Å². The topological polar surface area (TPSA) is 103 Å². The fourth-order valence-electron chi connectivity index (χ4n) is 1.26. The molecule has 4 N–H and O–H groups in total. The van der Waals surface area contributed by atoms with Crippen LogP contribution in [0, 0.1) is 11.3 Å². The molecule has 0 aromatic carbocycles. The number of hydrogen-bond donors (Lipinski definition) is 3. The Hall–Kier alpha value is -1.48. The number of nitriles is 1. The van der Waals surface area contributed by atoms with E-state index in [0.29, 0.717) is 0 Å². The third-order valence-corrected chi connectivity index (χ3v) is 2.07. The molecule has 2 unspecified atom stereocenters. The van der Waals surface area contributed by atoms with Crippen LogP contribution >= 0.6 is 0 Å². The quantitative estimate of drug-likeness (QED) is 0.628. The van der Waals surface area contributed by atoms with Gasteiger partial charge in [0.05, 0.1) is 17.4 Å². The van der Waals surface area contributed by atoms with Crippen molar-refractivity contribution in [3.05, 3.63) is 29.6 Å². The number of aliphatic hydroxyl groups is 2. The second-order valence-corrected chi connectivity index (χ2v) is 3.14. The molecule has 0 aliphatic carbocycles. The minimum atomic E-state index is -1.16. The zero-order valence-electron chi connectivity index (χ0n) is 8.17. The largest absolute Gasteiger partial charge is 0.390 e. The van der Waals surface area contributed by atoms with Crippen LogP contribution in [0.1, 0.15) is 23.8 Å². The number of aliphatic hydroxyl groups excluding tert-OH is 2. The first kappa shape index (κ1) is 11.6. The Balaban J connectivity index is 2.91. The molecule has 0 spiro atoms. The summed E-state index contributed by atoms with van der Waals surface area (Å²) in [6, 6.07) is 5.05.